The molecule has 0 radical (unpaired) electrons. The van der Waals surface area contributed by atoms with Crippen molar-refractivity contribution in [3.8, 4) is 0 Å². The molecule has 0 aliphatic carbocycles. The molecule has 0 aromatic heterocycles. The zero-order valence-electron chi connectivity index (χ0n) is 14.8. The van der Waals surface area contributed by atoms with E-state index in [0.717, 1.165) is 0 Å². The van der Waals surface area contributed by atoms with E-state index in [2.05, 4.69) is 91.0 Å². The van der Waals surface area contributed by atoms with Gasteiger partial charge in [0.25, 0.3) is 0 Å². The minimum atomic E-state index is -1.78. The van der Waals surface area contributed by atoms with Crippen molar-refractivity contribution in [3.05, 3.63) is 91.0 Å². The Bertz CT molecular complexity index is 618. The molecular formula is C22H25O2P. The Kier molecular flexibility index (Phi) is 7.81. The van der Waals surface area contributed by atoms with E-state index in [0.29, 0.717) is 6.35 Å². The zero-order valence-corrected chi connectivity index (χ0v) is 15.7. The molecule has 0 atom stereocenters. The summed E-state index contributed by atoms with van der Waals surface area (Å²) in [6.45, 7) is 1.57. The van der Waals surface area contributed by atoms with E-state index in [9.17, 15) is 0 Å². The molecule has 0 saturated carbocycles. The standard InChI is InChI=1S/C20H20OP.C2H5O/c1-21-17-22(18-11-5-2-6-12-18,19-13-7-3-8-14-19)20-15-9-4-10-16-20;1-2-3/h2-16H,17H2,1H3;2H2,1H3/q+1;-1. The third kappa shape index (κ3) is 4.55. The Labute approximate surface area is 151 Å². The third-order valence-electron chi connectivity index (χ3n) is 3.91. The van der Waals surface area contributed by atoms with Gasteiger partial charge < -0.3 is 9.84 Å². The number of ether oxygens (including phenoxy) is 1. The molecule has 3 rings (SSSR count). The molecule has 0 aliphatic heterocycles. The van der Waals surface area contributed by atoms with Crippen LogP contribution < -0.4 is 21.0 Å². The fourth-order valence-electron chi connectivity index (χ4n) is 2.91. The SMILES string of the molecule is CC[O-].COC[P+](c1ccccc1)(c1ccccc1)c1ccccc1. The van der Waals surface area contributed by atoms with Gasteiger partial charge in [0.2, 0.25) is 0 Å². The average Bonchev–Trinajstić information content (AvgIpc) is 2.69. The molecule has 0 spiro atoms. The molecule has 3 aromatic carbocycles. The Balaban J connectivity index is 0.000000701. The molecule has 0 fully saturated rings. The normalized spacial score (nSPS) is 10.7. The lowest BCUT2D eigenvalue weighted by molar-refractivity contribution is -0.361. The second-order valence-electron chi connectivity index (χ2n) is 5.52. The van der Waals surface area contributed by atoms with Crippen LogP contribution in [0.5, 0.6) is 0 Å². The van der Waals surface area contributed by atoms with Crippen molar-refractivity contribution in [2.45, 2.75) is 6.92 Å². The number of hydrogen-bond donors (Lipinski definition) is 0. The molecular weight excluding hydrogens is 327 g/mol. The van der Waals surface area contributed by atoms with E-state index in [-0.39, 0.29) is 6.61 Å². The maximum atomic E-state index is 8.93. The van der Waals surface area contributed by atoms with Gasteiger partial charge in [-0.2, -0.15) is 0 Å². The van der Waals surface area contributed by atoms with Crippen LogP contribution in [0, 0.1) is 0 Å². The van der Waals surface area contributed by atoms with Crippen molar-refractivity contribution in [1.29, 1.82) is 0 Å². The predicted molar refractivity (Wildman–Crippen MR) is 108 cm³/mol. The van der Waals surface area contributed by atoms with Gasteiger partial charge in [-0.15, -0.1) is 6.61 Å². The summed E-state index contributed by atoms with van der Waals surface area (Å²) in [5, 5.41) is 13.0. The number of hydrogen-bond acceptors (Lipinski definition) is 2. The summed E-state index contributed by atoms with van der Waals surface area (Å²) in [6, 6.07) is 32.3. The van der Waals surface area contributed by atoms with Gasteiger partial charge in [-0.05, 0) is 36.4 Å². The molecule has 3 heteroatoms. The molecule has 0 bridgehead atoms. The van der Waals surface area contributed by atoms with Gasteiger partial charge >= 0.3 is 0 Å². The highest BCUT2D eigenvalue weighted by atomic mass is 31.2. The summed E-state index contributed by atoms with van der Waals surface area (Å²) in [6.07, 6.45) is 0.713. The number of benzene rings is 3. The van der Waals surface area contributed by atoms with Crippen molar-refractivity contribution in [2.24, 2.45) is 0 Å². The summed E-state index contributed by atoms with van der Waals surface area (Å²) in [7, 11) is 0.0197. The smallest absolute Gasteiger partial charge is 0.170 e. The van der Waals surface area contributed by atoms with Crippen molar-refractivity contribution in [2.75, 3.05) is 20.1 Å². The van der Waals surface area contributed by atoms with Gasteiger partial charge in [-0.25, -0.2) is 0 Å². The maximum absolute atomic E-state index is 8.93. The topological polar surface area (TPSA) is 32.3 Å². The molecule has 3 aromatic rings. The average molecular weight is 352 g/mol. The number of methoxy groups -OCH3 is 1. The first kappa shape index (κ1) is 19.3. The van der Waals surface area contributed by atoms with Crippen LogP contribution in [-0.2, 0) is 4.74 Å². The van der Waals surface area contributed by atoms with Gasteiger partial charge in [0.1, 0.15) is 23.2 Å². The van der Waals surface area contributed by atoms with Crippen LogP contribution in [0.1, 0.15) is 6.92 Å². The summed E-state index contributed by atoms with van der Waals surface area (Å²) >= 11 is 0. The highest BCUT2D eigenvalue weighted by Crippen LogP contribution is 2.54. The molecule has 0 unspecified atom stereocenters. The van der Waals surface area contributed by atoms with Crippen LogP contribution in [0.25, 0.3) is 0 Å². The highest BCUT2D eigenvalue weighted by molar-refractivity contribution is 7.95. The fourth-order valence-corrected chi connectivity index (χ4v) is 6.68. The molecule has 130 valence electrons. The van der Waals surface area contributed by atoms with Crippen molar-refractivity contribution >= 4 is 23.2 Å². The predicted octanol–water partition coefficient (Wildman–Crippen LogP) is 2.95. The molecule has 2 nitrogen and oxygen atoms in total. The molecule has 25 heavy (non-hydrogen) atoms. The molecule has 0 N–H and O–H groups in total. The van der Waals surface area contributed by atoms with Crippen LogP contribution in [0.4, 0.5) is 0 Å². The zero-order chi connectivity index (χ0) is 18.0. The molecule has 0 heterocycles. The lowest BCUT2D eigenvalue weighted by Crippen LogP contribution is -2.33. The van der Waals surface area contributed by atoms with E-state index >= 15 is 0 Å². The van der Waals surface area contributed by atoms with Crippen LogP contribution in [0.15, 0.2) is 91.0 Å². The van der Waals surface area contributed by atoms with Crippen LogP contribution >= 0.6 is 7.26 Å². The van der Waals surface area contributed by atoms with Gasteiger partial charge in [0, 0.05) is 7.11 Å². The van der Waals surface area contributed by atoms with Crippen LogP contribution in [0.3, 0.4) is 0 Å². The van der Waals surface area contributed by atoms with Gasteiger partial charge in [0.05, 0.1) is 0 Å². The maximum Gasteiger partial charge on any atom is 0.170 e. The summed E-state index contributed by atoms with van der Waals surface area (Å²) in [5.74, 6) is 0. The second-order valence-corrected chi connectivity index (χ2v) is 8.95. The van der Waals surface area contributed by atoms with Gasteiger partial charge in [-0.1, -0.05) is 61.5 Å². The third-order valence-corrected chi connectivity index (χ3v) is 8.10. The summed E-state index contributed by atoms with van der Waals surface area (Å²) < 4.78 is 5.72. The minimum absolute atomic E-state index is 0. The van der Waals surface area contributed by atoms with Crippen molar-refractivity contribution < 1.29 is 9.84 Å². The monoisotopic (exact) mass is 352 g/mol. The number of rotatable bonds is 5. The Morgan fingerprint density at radius 1 is 0.680 bits per heavy atom. The van der Waals surface area contributed by atoms with Gasteiger partial charge in [0.15, 0.2) is 6.35 Å². The first-order valence-corrected chi connectivity index (χ1v) is 10.4. The lowest BCUT2D eigenvalue weighted by atomic mass is 10.4. The summed E-state index contributed by atoms with van der Waals surface area (Å²) in [5.41, 5.74) is 0. The summed E-state index contributed by atoms with van der Waals surface area (Å²) in [4.78, 5) is 0. The molecule has 0 aliphatic rings. The Morgan fingerprint density at radius 3 is 1.20 bits per heavy atom. The minimum Gasteiger partial charge on any atom is -0.855 e. The van der Waals surface area contributed by atoms with Crippen LogP contribution in [0.2, 0.25) is 0 Å². The molecule has 0 saturated heterocycles. The van der Waals surface area contributed by atoms with E-state index < -0.39 is 7.26 Å². The quantitative estimate of drug-likeness (QED) is 0.662. The molecule has 0 amide bonds. The second kappa shape index (κ2) is 10.1. The van der Waals surface area contributed by atoms with E-state index in [1.54, 1.807) is 14.0 Å². The Hall–Kier alpha value is -1.99. The van der Waals surface area contributed by atoms with Crippen LogP contribution in [-0.4, -0.2) is 20.1 Å². The van der Waals surface area contributed by atoms with E-state index in [1.807, 2.05) is 0 Å². The van der Waals surface area contributed by atoms with E-state index in [4.69, 9.17) is 9.84 Å². The first-order valence-electron chi connectivity index (χ1n) is 8.41. The highest BCUT2D eigenvalue weighted by Gasteiger charge is 2.45. The lowest BCUT2D eigenvalue weighted by Gasteiger charge is -2.26. The largest absolute Gasteiger partial charge is 0.855 e. The fraction of sp³-hybridized carbons (Fsp3) is 0.182. The first-order chi connectivity index (χ1) is 12.3. The van der Waals surface area contributed by atoms with Gasteiger partial charge in [-0.3, -0.25) is 0 Å². The Morgan fingerprint density at radius 2 is 0.960 bits per heavy atom. The van der Waals surface area contributed by atoms with Crippen molar-refractivity contribution in [1.82, 2.24) is 0 Å². The van der Waals surface area contributed by atoms with Crippen molar-refractivity contribution in [3.63, 3.8) is 0 Å². The van der Waals surface area contributed by atoms with E-state index in [1.165, 1.54) is 15.9 Å².